The number of benzene rings is 1. The fraction of sp³-hybridized carbons (Fsp3) is 0.450. The first-order chi connectivity index (χ1) is 13.1. The van der Waals surface area contributed by atoms with Crippen LogP contribution in [0.5, 0.6) is 11.6 Å². The third-order valence-corrected chi connectivity index (χ3v) is 4.81. The summed E-state index contributed by atoms with van der Waals surface area (Å²) < 4.78 is 11.4. The van der Waals surface area contributed by atoms with E-state index in [1.165, 1.54) is 0 Å². The van der Waals surface area contributed by atoms with Crippen molar-refractivity contribution in [3.8, 4) is 11.6 Å². The van der Waals surface area contributed by atoms with E-state index in [1.807, 2.05) is 18.2 Å². The Morgan fingerprint density at radius 2 is 1.77 bits per heavy atom. The van der Waals surface area contributed by atoms with Gasteiger partial charge in [0.2, 0.25) is 5.88 Å². The zero-order chi connectivity index (χ0) is 19.1. The minimum absolute atomic E-state index is 0. The highest BCUT2D eigenvalue weighted by Gasteiger charge is 2.22. The van der Waals surface area contributed by atoms with Gasteiger partial charge in [0, 0.05) is 18.8 Å². The molecule has 1 aromatic carbocycles. The van der Waals surface area contributed by atoms with Crippen LogP contribution in [0, 0.1) is 5.92 Å². The fourth-order valence-corrected chi connectivity index (χ4v) is 3.19. The van der Waals surface area contributed by atoms with Crippen LogP contribution in [0.15, 0.2) is 42.6 Å². The van der Waals surface area contributed by atoms with Crippen molar-refractivity contribution in [3.05, 3.63) is 42.6 Å². The Hall–Kier alpha value is -1.64. The number of nitrogens with zero attached hydrogens (tertiary/aromatic N) is 2. The number of aromatic nitrogens is 1. The molecule has 1 aliphatic heterocycles. The second-order valence-corrected chi connectivity index (χ2v) is 6.95. The number of para-hydroxylation sites is 1. The molecule has 1 atom stereocenters. The number of halogens is 3. The number of nitrogen functional groups attached to an aromatic ring is 2. The molecule has 1 aliphatic rings. The summed E-state index contributed by atoms with van der Waals surface area (Å²) in [6.45, 7) is 3.33. The molecule has 1 saturated heterocycles. The summed E-state index contributed by atoms with van der Waals surface area (Å²) in [4.78, 5) is 6.44. The van der Waals surface area contributed by atoms with Gasteiger partial charge in [0.15, 0.2) is 0 Å². The number of pyridine rings is 1. The van der Waals surface area contributed by atoms with Gasteiger partial charge in [0.05, 0.1) is 18.0 Å². The fourth-order valence-electron chi connectivity index (χ4n) is 3.19. The summed E-state index contributed by atoms with van der Waals surface area (Å²) in [6, 6.07) is 10.9. The largest absolute Gasteiger partial charge is 0.489 e. The topological polar surface area (TPSA) is 107 Å². The second-order valence-electron chi connectivity index (χ2n) is 6.95. The van der Waals surface area contributed by atoms with E-state index in [4.69, 9.17) is 20.9 Å². The molecule has 1 fully saturated rings. The number of nitrogens with two attached hydrogens (primary N) is 2. The Morgan fingerprint density at radius 3 is 2.43 bits per heavy atom. The monoisotopic (exact) mass is 480 g/mol. The van der Waals surface area contributed by atoms with Gasteiger partial charge < -0.3 is 30.9 Å². The molecule has 0 saturated carbocycles. The van der Waals surface area contributed by atoms with Gasteiger partial charge >= 0.3 is 0 Å². The minimum Gasteiger partial charge on any atom is -0.489 e. The lowest BCUT2D eigenvalue weighted by Crippen LogP contribution is -2.41. The number of piperidine rings is 1. The van der Waals surface area contributed by atoms with Gasteiger partial charge in [-0.1, -0.05) is 12.1 Å². The molecule has 0 radical (unpaired) electrons. The van der Waals surface area contributed by atoms with Crippen LogP contribution in [0.25, 0.3) is 0 Å². The molecule has 1 aromatic heterocycles. The van der Waals surface area contributed by atoms with E-state index in [1.54, 1.807) is 24.4 Å². The minimum atomic E-state index is -0.577. The molecular weight excluding hydrogens is 451 g/mol. The van der Waals surface area contributed by atoms with Crippen molar-refractivity contribution in [2.75, 3.05) is 44.3 Å². The lowest BCUT2D eigenvalue weighted by Gasteiger charge is -2.32. The summed E-state index contributed by atoms with van der Waals surface area (Å²) >= 11 is 0. The van der Waals surface area contributed by atoms with Gasteiger partial charge in [-0.25, -0.2) is 4.98 Å². The molecule has 2 aromatic rings. The summed E-state index contributed by atoms with van der Waals surface area (Å²) in [5, 5.41) is 10.3. The van der Waals surface area contributed by atoms with Crippen molar-refractivity contribution in [2.45, 2.75) is 18.9 Å². The van der Waals surface area contributed by atoms with Crippen LogP contribution in [0.4, 0.5) is 11.4 Å². The van der Waals surface area contributed by atoms with Crippen molar-refractivity contribution >= 4 is 48.6 Å². The Bertz CT molecular complexity index is 720. The Balaban J connectivity index is 0.00000280. The maximum atomic E-state index is 10.3. The summed E-state index contributed by atoms with van der Waals surface area (Å²) in [7, 11) is 0. The summed E-state index contributed by atoms with van der Waals surface area (Å²) in [5.41, 5.74) is 12.5. The highest BCUT2D eigenvalue weighted by molar-refractivity contribution is 5.86. The summed E-state index contributed by atoms with van der Waals surface area (Å²) in [6.07, 6.45) is 3.25. The normalized spacial score (nSPS) is 15.1. The second kappa shape index (κ2) is 14.4. The van der Waals surface area contributed by atoms with Crippen molar-refractivity contribution in [1.82, 2.24) is 9.88 Å². The van der Waals surface area contributed by atoms with Crippen LogP contribution in [0.1, 0.15) is 12.8 Å². The highest BCUT2D eigenvalue weighted by atomic mass is 35.5. The van der Waals surface area contributed by atoms with Crippen LogP contribution in [-0.2, 0) is 0 Å². The number of anilines is 2. The first kappa shape index (κ1) is 28.4. The van der Waals surface area contributed by atoms with Crippen molar-refractivity contribution in [1.29, 1.82) is 0 Å². The quantitative estimate of drug-likeness (QED) is 0.497. The number of aliphatic hydroxyl groups is 1. The third-order valence-electron chi connectivity index (χ3n) is 4.81. The van der Waals surface area contributed by atoms with Gasteiger partial charge in [-0.2, -0.15) is 0 Å². The van der Waals surface area contributed by atoms with Gasteiger partial charge in [-0.3, -0.25) is 0 Å². The smallest absolute Gasteiger partial charge is 0.213 e. The summed E-state index contributed by atoms with van der Waals surface area (Å²) in [5.74, 6) is 1.71. The average Bonchev–Trinajstić information content (AvgIpc) is 2.69. The van der Waals surface area contributed by atoms with Gasteiger partial charge in [0.25, 0.3) is 0 Å². The van der Waals surface area contributed by atoms with E-state index in [2.05, 4.69) is 9.88 Å². The predicted octanol–water partition coefficient (Wildman–Crippen LogP) is 3.04. The number of β-amino-alcohol motifs (C(OH)–C–C–N with tert-alkyl or cyclic N) is 1. The average molecular weight is 482 g/mol. The first-order valence-corrected chi connectivity index (χ1v) is 9.33. The van der Waals surface area contributed by atoms with Crippen molar-refractivity contribution < 1.29 is 14.6 Å². The van der Waals surface area contributed by atoms with Crippen molar-refractivity contribution in [2.24, 2.45) is 5.92 Å². The Morgan fingerprint density at radius 1 is 1.03 bits per heavy atom. The maximum absolute atomic E-state index is 10.3. The van der Waals surface area contributed by atoms with Crippen molar-refractivity contribution in [3.63, 3.8) is 0 Å². The molecule has 5 N–H and O–H groups in total. The van der Waals surface area contributed by atoms with E-state index in [0.717, 1.165) is 25.9 Å². The molecule has 30 heavy (non-hydrogen) atoms. The van der Waals surface area contributed by atoms with E-state index in [0.29, 0.717) is 42.1 Å². The first-order valence-electron chi connectivity index (χ1n) is 9.33. The van der Waals surface area contributed by atoms with Crippen LogP contribution in [-0.4, -0.2) is 53.9 Å². The van der Waals surface area contributed by atoms with Crippen LogP contribution in [0.3, 0.4) is 0 Å². The number of ether oxygens (including phenoxy) is 2. The number of rotatable bonds is 8. The standard InChI is InChI=1S/C20H28N4O3.3ClH/c21-17-4-3-5-18(20(17)22)26-14-16(25)12-24-10-7-15(8-11-24)13-27-19-6-1-2-9-23-19;;;/h1-6,9,15-16,25H,7-8,10-14,21-22H2;3*1H. The molecule has 10 heteroatoms. The zero-order valence-corrected chi connectivity index (χ0v) is 19.1. The molecule has 1 unspecified atom stereocenters. The molecule has 0 amide bonds. The van der Waals surface area contributed by atoms with E-state index in [-0.39, 0.29) is 43.8 Å². The molecule has 0 bridgehead atoms. The lowest BCUT2D eigenvalue weighted by molar-refractivity contribution is 0.0503. The molecule has 0 spiro atoms. The third kappa shape index (κ3) is 8.62. The van der Waals surface area contributed by atoms with E-state index < -0.39 is 6.10 Å². The number of aliphatic hydroxyl groups excluding tert-OH is 1. The van der Waals surface area contributed by atoms with Crippen LogP contribution in [0.2, 0.25) is 0 Å². The van der Waals surface area contributed by atoms with E-state index >= 15 is 0 Å². The molecule has 170 valence electrons. The lowest BCUT2D eigenvalue weighted by atomic mass is 9.97. The number of likely N-dealkylation sites (tertiary alicyclic amines) is 1. The van der Waals surface area contributed by atoms with Gasteiger partial charge in [-0.05, 0) is 50.0 Å². The van der Waals surface area contributed by atoms with E-state index in [9.17, 15) is 5.11 Å². The highest BCUT2D eigenvalue weighted by Crippen LogP contribution is 2.27. The SMILES string of the molecule is Cl.Cl.Cl.Nc1cccc(OCC(O)CN2CCC(COc3ccccn3)CC2)c1N. The number of hydrogen-bond donors (Lipinski definition) is 3. The predicted molar refractivity (Wildman–Crippen MR) is 127 cm³/mol. The zero-order valence-electron chi connectivity index (χ0n) is 16.7. The molecular formula is C20H31Cl3N4O3. The number of hydrogen-bond acceptors (Lipinski definition) is 7. The maximum Gasteiger partial charge on any atom is 0.213 e. The Labute approximate surface area is 196 Å². The van der Waals surface area contributed by atoms with Crippen LogP contribution >= 0.6 is 37.2 Å². The van der Waals surface area contributed by atoms with Gasteiger partial charge in [-0.15, -0.1) is 37.2 Å². The molecule has 2 heterocycles. The van der Waals surface area contributed by atoms with Gasteiger partial charge in [0.1, 0.15) is 18.5 Å². The Kier molecular flexibility index (Phi) is 13.6. The molecule has 7 nitrogen and oxygen atoms in total. The van der Waals surface area contributed by atoms with Crippen LogP contribution < -0.4 is 20.9 Å². The molecule has 0 aliphatic carbocycles. The molecule has 3 rings (SSSR count).